The predicted molar refractivity (Wildman–Crippen MR) is 150 cm³/mol. The van der Waals surface area contributed by atoms with E-state index in [1.54, 1.807) is 0 Å². The molecule has 0 atom stereocenters. The van der Waals surface area contributed by atoms with Gasteiger partial charge in [-0.25, -0.2) is 4.79 Å². The minimum atomic E-state index is -9.49. The summed E-state index contributed by atoms with van der Waals surface area (Å²) < 4.78 is 328. The normalized spacial score (nSPS) is 21.6. The van der Waals surface area contributed by atoms with Crippen LogP contribution in [-0.4, -0.2) is 87.1 Å². The Hall–Kier alpha value is -1.79. The molecule has 0 spiro atoms. The van der Waals surface area contributed by atoms with Crippen LogP contribution in [0.2, 0.25) is 0 Å². The summed E-state index contributed by atoms with van der Waals surface area (Å²) in [4.78, 5) is 13.0. The maximum absolute atomic E-state index is 15.3. The summed E-state index contributed by atoms with van der Waals surface area (Å²) in [6.07, 6.45) is -3.85. The first-order valence-electron chi connectivity index (χ1n) is 16.8. The Morgan fingerprint density at radius 3 is 0.786 bits per heavy atom. The quantitative estimate of drug-likeness (QED) is 0.162. The van der Waals surface area contributed by atoms with Crippen LogP contribution in [-0.2, 0) is 8.98 Å². The van der Waals surface area contributed by atoms with Gasteiger partial charge in [0.05, 0.1) is 0 Å². The first kappa shape index (κ1) is 48.6. The molecule has 3 fully saturated rings. The van der Waals surface area contributed by atoms with Gasteiger partial charge in [-0.05, 0) is 38.5 Å². The van der Waals surface area contributed by atoms with Crippen LogP contribution >= 0.6 is 10.3 Å². The van der Waals surface area contributed by atoms with E-state index in [0.717, 1.165) is 0 Å². The van der Waals surface area contributed by atoms with Crippen LogP contribution in [0.15, 0.2) is 0 Å². The molecule has 0 aromatic carbocycles. The van der Waals surface area contributed by atoms with Gasteiger partial charge in [0.25, 0.3) is 0 Å². The smallest absolute Gasteiger partial charge is 0.410 e. The van der Waals surface area contributed by atoms with Gasteiger partial charge in [-0.1, -0.05) is 68.1 Å². The molecule has 2 nitrogen and oxygen atoms in total. The summed E-state index contributed by atoms with van der Waals surface area (Å²) in [7, 11) is -3.51. The van der Waals surface area contributed by atoms with Crippen molar-refractivity contribution < 1.29 is 110 Å². The lowest BCUT2D eigenvalue weighted by molar-refractivity contribution is -0.477. The van der Waals surface area contributed by atoms with E-state index in [0.29, 0.717) is 57.8 Å². The molecule has 0 N–H and O–H groups in total. The van der Waals surface area contributed by atoms with Crippen LogP contribution in [0, 0.1) is 0 Å². The van der Waals surface area contributed by atoms with Gasteiger partial charge in [-0.15, -0.1) is 0 Å². The van der Waals surface area contributed by atoms with Crippen LogP contribution in [0.1, 0.15) is 96.3 Å². The highest BCUT2D eigenvalue weighted by Crippen LogP contribution is 2.72. The fraction of sp³-hybridized carbons (Fsp3) is 0.967. The minimum absolute atomic E-state index is 0.0971. The van der Waals surface area contributed by atoms with E-state index < -0.39 is 97.4 Å². The van der Waals surface area contributed by atoms with E-state index in [9.17, 15) is 88.2 Å². The summed E-state index contributed by atoms with van der Waals surface area (Å²) >= 11 is 0. The number of halogens is 23. The van der Waals surface area contributed by atoms with Gasteiger partial charge in [0.15, 0.2) is 0 Å². The molecular formula is C30H33F23O2S. The first-order valence-corrected chi connectivity index (χ1v) is 18.6. The molecule has 0 unspecified atom stereocenters. The van der Waals surface area contributed by atoms with Crippen molar-refractivity contribution in [2.45, 2.75) is 177 Å². The molecule has 0 amide bonds. The predicted octanol–water partition coefficient (Wildman–Crippen LogP) is 13.2. The SMILES string of the molecule is O=C(OS(C1CCCCC1)(C1CCCCC1)C1CCCCC1)C(F)(F)C(F)(F)C(F)(F)C(F)(F)C(F)(F)C(F)(F)C(F)(F)C(F)(F)C(F)(F)C(F)(F)C(F)(F)F. The van der Waals surface area contributed by atoms with E-state index >= 15 is 17.6 Å². The van der Waals surface area contributed by atoms with E-state index in [4.69, 9.17) is 4.18 Å². The van der Waals surface area contributed by atoms with Crippen molar-refractivity contribution in [2.75, 3.05) is 0 Å². The molecule has 26 heteroatoms. The zero-order valence-corrected chi connectivity index (χ0v) is 29.1. The number of alkyl halides is 23. The third-order valence-electron chi connectivity index (χ3n) is 10.6. The number of carbonyl (C=O) groups is 1. The van der Waals surface area contributed by atoms with E-state index in [1.165, 1.54) is 0 Å². The maximum Gasteiger partial charge on any atom is 0.460 e. The molecule has 0 saturated heterocycles. The molecule has 0 aromatic heterocycles. The second-order valence-corrected chi connectivity index (χ2v) is 17.6. The van der Waals surface area contributed by atoms with E-state index in [-0.39, 0.29) is 38.5 Å². The minimum Gasteiger partial charge on any atom is -0.410 e. The maximum atomic E-state index is 15.3. The summed E-state index contributed by atoms with van der Waals surface area (Å²) in [5, 5.41) is -2.65. The molecule has 3 saturated carbocycles. The first-order chi connectivity index (χ1) is 24.9. The van der Waals surface area contributed by atoms with Crippen LogP contribution in [0.4, 0.5) is 101 Å². The fourth-order valence-electron chi connectivity index (χ4n) is 7.39. The number of hydrogen-bond acceptors (Lipinski definition) is 2. The standard InChI is InChI=1S/C30H33F23O2S/c31-20(32,19(54)55-56(16-10-4-1-5-11-16,17-12-6-2-7-13-17)18-14-8-3-9-15-18)21(33,34)22(35,36)23(37,38)24(39,40)25(41,42)26(43,44)27(45,46)28(47,48)29(49,50)30(51,52)53/h16-18H,1-15H2. The number of rotatable bonds is 14. The van der Waals surface area contributed by atoms with Crippen molar-refractivity contribution in [3.8, 4) is 0 Å². The lowest BCUT2D eigenvalue weighted by Crippen LogP contribution is -2.78. The van der Waals surface area contributed by atoms with Gasteiger partial charge >= 0.3 is 71.4 Å². The number of hydrogen-bond donors (Lipinski definition) is 0. The lowest BCUT2D eigenvalue weighted by Gasteiger charge is -2.58. The van der Waals surface area contributed by atoms with Crippen LogP contribution in [0.3, 0.4) is 0 Å². The fourth-order valence-corrected chi connectivity index (χ4v) is 13.0. The molecule has 3 aliphatic carbocycles. The van der Waals surface area contributed by atoms with Crippen molar-refractivity contribution in [3.05, 3.63) is 0 Å². The average molecular weight is 895 g/mol. The van der Waals surface area contributed by atoms with E-state index in [1.807, 2.05) is 0 Å². The Bertz CT molecular complexity index is 1330. The van der Waals surface area contributed by atoms with Crippen molar-refractivity contribution in [1.82, 2.24) is 0 Å². The Balaban J connectivity index is 2.14. The van der Waals surface area contributed by atoms with Crippen molar-refractivity contribution in [1.29, 1.82) is 0 Å². The van der Waals surface area contributed by atoms with Crippen LogP contribution < -0.4 is 0 Å². The summed E-state index contributed by atoms with van der Waals surface area (Å²) in [6.45, 7) is 0. The molecule has 332 valence electrons. The third kappa shape index (κ3) is 6.87. The van der Waals surface area contributed by atoms with Crippen LogP contribution in [0.5, 0.6) is 0 Å². The molecule has 0 heterocycles. The van der Waals surface area contributed by atoms with E-state index in [2.05, 4.69) is 0 Å². The Labute approximate surface area is 304 Å². The Kier molecular flexibility index (Phi) is 13.0. The Morgan fingerprint density at radius 2 is 0.554 bits per heavy atom. The van der Waals surface area contributed by atoms with Gasteiger partial charge in [-0.2, -0.15) is 101 Å². The van der Waals surface area contributed by atoms with Gasteiger partial charge < -0.3 is 4.18 Å². The highest BCUT2D eigenvalue weighted by Gasteiger charge is 2.99. The van der Waals surface area contributed by atoms with Crippen molar-refractivity contribution in [3.63, 3.8) is 0 Å². The zero-order valence-electron chi connectivity index (χ0n) is 28.3. The van der Waals surface area contributed by atoms with Crippen molar-refractivity contribution >= 4 is 16.3 Å². The van der Waals surface area contributed by atoms with Crippen LogP contribution in [0.25, 0.3) is 0 Å². The average Bonchev–Trinajstić information content (AvgIpc) is 3.10. The molecule has 3 aliphatic rings. The molecular weight excluding hydrogens is 861 g/mol. The molecule has 3 rings (SSSR count). The third-order valence-corrected chi connectivity index (χ3v) is 15.6. The monoisotopic (exact) mass is 894 g/mol. The molecule has 0 radical (unpaired) electrons. The van der Waals surface area contributed by atoms with Gasteiger partial charge in [0.1, 0.15) is 0 Å². The van der Waals surface area contributed by atoms with Gasteiger partial charge in [-0.3, -0.25) is 0 Å². The largest absolute Gasteiger partial charge is 0.460 e. The van der Waals surface area contributed by atoms with Crippen molar-refractivity contribution in [2.24, 2.45) is 0 Å². The van der Waals surface area contributed by atoms with Gasteiger partial charge in [0, 0.05) is 15.7 Å². The molecule has 0 bridgehead atoms. The van der Waals surface area contributed by atoms with Gasteiger partial charge in [0.2, 0.25) is 0 Å². The zero-order chi connectivity index (χ0) is 43.6. The molecule has 56 heavy (non-hydrogen) atoms. The number of carbonyl (C=O) groups excluding carboxylic acids is 1. The Morgan fingerprint density at radius 1 is 0.339 bits per heavy atom. The molecule has 0 aliphatic heterocycles. The summed E-state index contributed by atoms with van der Waals surface area (Å²) in [5.41, 5.74) is 0. The molecule has 0 aromatic rings. The topological polar surface area (TPSA) is 26.3 Å². The highest BCUT2D eigenvalue weighted by molar-refractivity contribution is 8.31. The second-order valence-electron chi connectivity index (χ2n) is 14.1. The summed E-state index contributed by atoms with van der Waals surface area (Å²) in [6, 6.07) is 0. The lowest BCUT2D eigenvalue weighted by atomic mass is 9.85. The summed E-state index contributed by atoms with van der Waals surface area (Å²) in [5.74, 6) is -93.3. The second kappa shape index (κ2) is 15.0. The highest BCUT2D eigenvalue weighted by atomic mass is 32.3.